The van der Waals surface area contributed by atoms with Gasteiger partial charge in [-0.05, 0) is 13.0 Å². The number of halogens is 1. The number of aromatic nitrogens is 2. The molecular formula is C14H13ClN4O3. The van der Waals surface area contributed by atoms with Gasteiger partial charge in [-0.15, -0.1) is 0 Å². The van der Waals surface area contributed by atoms with E-state index in [1.54, 1.807) is 6.92 Å². The molecule has 2 rings (SSSR count). The van der Waals surface area contributed by atoms with E-state index in [2.05, 4.69) is 20.6 Å². The second-order valence-corrected chi connectivity index (χ2v) is 4.71. The van der Waals surface area contributed by atoms with Crippen LogP contribution in [0.4, 0.5) is 10.6 Å². The third-order valence-electron chi connectivity index (χ3n) is 2.73. The van der Waals surface area contributed by atoms with E-state index in [1.807, 2.05) is 0 Å². The van der Waals surface area contributed by atoms with Gasteiger partial charge in [0.1, 0.15) is 5.82 Å². The highest BCUT2D eigenvalue weighted by atomic mass is 35.5. The molecule has 2 aromatic rings. The molecule has 22 heavy (non-hydrogen) atoms. The fourth-order valence-corrected chi connectivity index (χ4v) is 2.00. The van der Waals surface area contributed by atoms with Gasteiger partial charge in [0, 0.05) is 42.3 Å². The van der Waals surface area contributed by atoms with Crippen LogP contribution in [0.25, 0.3) is 11.1 Å². The van der Waals surface area contributed by atoms with Crippen LogP contribution in [0.15, 0.2) is 30.7 Å². The molecule has 8 heteroatoms. The van der Waals surface area contributed by atoms with Crippen LogP contribution in [0, 0.1) is 0 Å². The minimum Gasteiger partial charge on any atom is -0.478 e. The summed E-state index contributed by atoms with van der Waals surface area (Å²) < 4.78 is 0. The number of pyridine rings is 2. The number of urea groups is 1. The molecule has 3 N–H and O–H groups in total. The van der Waals surface area contributed by atoms with E-state index >= 15 is 0 Å². The normalized spacial score (nSPS) is 10.1. The number of nitrogens with zero attached hydrogens (tertiary/aromatic N) is 2. The van der Waals surface area contributed by atoms with Crippen molar-refractivity contribution in [2.45, 2.75) is 6.92 Å². The fourth-order valence-electron chi connectivity index (χ4n) is 1.74. The van der Waals surface area contributed by atoms with E-state index in [0.29, 0.717) is 28.5 Å². The highest BCUT2D eigenvalue weighted by molar-refractivity contribution is 6.33. The van der Waals surface area contributed by atoms with Crippen molar-refractivity contribution < 1.29 is 14.7 Å². The first-order valence-electron chi connectivity index (χ1n) is 6.40. The molecule has 2 aromatic heterocycles. The fraction of sp³-hybridized carbons (Fsp3) is 0.143. The molecule has 0 radical (unpaired) electrons. The summed E-state index contributed by atoms with van der Waals surface area (Å²) in [5.41, 5.74) is 1.11. The average Bonchev–Trinajstić information content (AvgIpc) is 2.47. The quantitative estimate of drug-likeness (QED) is 0.803. The first kappa shape index (κ1) is 15.7. The van der Waals surface area contributed by atoms with Gasteiger partial charge in [-0.25, -0.2) is 14.6 Å². The molecule has 0 aliphatic rings. The summed E-state index contributed by atoms with van der Waals surface area (Å²) in [5, 5.41) is 14.4. The first-order valence-corrected chi connectivity index (χ1v) is 6.78. The zero-order valence-electron chi connectivity index (χ0n) is 11.6. The van der Waals surface area contributed by atoms with Crippen LogP contribution in [0.3, 0.4) is 0 Å². The maximum Gasteiger partial charge on any atom is 0.337 e. The van der Waals surface area contributed by atoms with Crippen molar-refractivity contribution in [2.75, 3.05) is 11.9 Å². The summed E-state index contributed by atoms with van der Waals surface area (Å²) >= 11 is 6.17. The summed E-state index contributed by atoms with van der Waals surface area (Å²) in [6.45, 7) is 2.29. The second kappa shape index (κ2) is 6.86. The maximum atomic E-state index is 11.4. The monoisotopic (exact) mass is 320 g/mol. The van der Waals surface area contributed by atoms with E-state index < -0.39 is 5.97 Å². The van der Waals surface area contributed by atoms with Gasteiger partial charge < -0.3 is 10.4 Å². The lowest BCUT2D eigenvalue weighted by molar-refractivity contribution is 0.0696. The number of carbonyl (C=O) groups is 2. The number of carbonyl (C=O) groups excluding carboxylic acids is 1. The van der Waals surface area contributed by atoms with Crippen LogP contribution in [-0.2, 0) is 0 Å². The molecule has 0 atom stereocenters. The number of aromatic carboxylic acids is 1. The zero-order valence-corrected chi connectivity index (χ0v) is 12.4. The molecule has 0 fully saturated rings. The predicted octanol–water partition coefficient (Wildman–Crippen LogP) is 2.64. The molecule has 0 aliphatic heterocycles. The van der Waals surface area contributed by atoms with Gasteiger partial charge in [-0.2, -0.15) is 0 Å². The van der Waals surface area contributed by atoms with E-state index in [4.69, 9.17) is 16.7 Å². The average molecular weight is 321 g/mol. The Balaban J connectivity index is 2.28. The topological polar surface area (TPSA) is 104 Å². The third-order valence-corrected chi connectivity index (χ3v) is 3.04. The number of nitrogens with one attached hydrogen (secondary N) is 2. The summed E-state index contributed by atoms with van der Waals surface area (Å²) in [6, 6.07) is 2.56. The minimum absolute atomic E-state index is 0.0538. The minimum atomic E-state index is -1.08. The number of anilines is 1. The van der Waals surface area contributed by atoms with Crippen molar-refractivity contribution >= 4 is 29.4 Å². The van der Waals surface area contributed by atoms with E-state index in [1.165, 1.54) is 30.7 Å². The Morgan fingerprint density at radius 1 is 1.27 bits per heavy atom. The van der Waals surface area contributed by atoms with Crippen molar-refractivity contribution in [3.8, 4) is 11.1 Å². The molecule has 0 saturated heterocycles. The van der Waals surface area contributed by atoms with Gasteiger partial charge in [0.05, 0.1) is 10.6 Å². The summed E-state index contributed by atoms with van der Waals surface area (Å²) in [5.74, 6) is -0.782. The highest BCUT2D eigenvalue weighted by Crippen LogP contribution is 2.28. The molecule has 7 nitrogen and oxygen atoms in total. The standard InChI is InChI=1S/C14H13ClN4O3/c1-2-17-14(22)19-12-4-11(15)10(7-18-12)8-3-9(13(20)21)6-16-5-8/h3-7H,2H2,1H3,(H,20,21)(H2,17,18,19,22). The van der Waals surface area contributed by atoms with Crippen LogP contribution < -0.4 is 10.6 Å². The molecule has 0 bridgehead atoms. The van der Waals surface area contributed by atoms with Crippen molar-refractivity contribution in [3.05, 3.63) is 41.3 Å². The third kappa shape index (κ3) is 3.70. The zero-order chi connectivity index (χ0) is 16.1. The molecule has 0 aliphatic carbocycles. The molecule has 0 aromatic carbocycles. The summed E-state index contributed by atoms with van der Waals surface area (Å²) in [6.07, 6.45) is 4.19. The number of carboxylic acid groups (broad SMARTS) is 1. The summed E-state index contributed by atoms with van der Waals surface area (Å²) in [7, 11) is 0. The van der Waals surface area contributed by atoms with Crippen LogP contribution in [0.2, 0.25) is 5.02 Å². The van der Waals surface area contributed by atoms with Gasteiger partial charge in [0.25, 0.3) is 0 Å². The molecule has 0 unspecified atom stereocenters. The van der Waals surface area contributed by atoms with Crippen molar-refractivity contribution in [2.24, 2.45) is 0 Å². The Labute approximate surface area is 131 Å². The van der Waals surface area contributed by atoms with Crippen molar-refractivity contribution in [1.82, 2.24) is 15.3 Å². The molecular weight excluding hydrogens is 308 g/mol. The number of carboxylic acids is 1. The Kier molecular flexibility index (Phi) is 4.90. The first-order chi connectivity index (χ1) is 10.5. The van der Waals surface area contributed by atoms with E-state index in [-0.39, 0.29) is 11.6 Å². The number of hydrogen-bond donors (Lipinski definition) is 3. The Morgan fingerprint density at radius 2 is 2.05 bits per heavy atom. The molecule has 114 valence electrons. The van der Waals surface area contributed by atoms with Crippen LogP contribution in [0.5, 0.6) is 0 Å². The number of rotatable bonds is 4. The number of hydrogen-bond acceptors (Lipinski definition) is 4. The predicted molar refractivity (Wildman–Crippen MR) is 82.1 cm³/mol. The van der Waals surface area contributed by atoms with Gasteiger partial charge >= 0.3 is 12.0 Å². The van der Waals surface area contributed by atoms with E-state index in [0.717, 1.165) is 0 Å². The molecule has 0 spiro atoms. The van der Waals surface area contributed by atoms with Gasteiger partial charge in [-0.3, -0.25) is 10.3 Å². The lowest BCUT2D eigenvalue weighted by Crippen LogP contribution is -2.28. The maximum absolute atomic E-state index is 11.4. The lowest BCUT2D eigenvalue weighted by Gasteiger charge is -2.08. The Hall–Kier alpha value is -2.67. The van der Waals surface area contributed by atoms with Crippen LogP contribution >= 0.6 is 11.6 Å². The van der Waals surface area contributed by atoms with E-state index in [9.17, 15) is 9.59 Å². The molecule has 2 amide bonds. The Bertz CT molecular complexity index is 721. The van der Waals surface area contributed by atoms with Crippen LogP contribution in [0.1, 0.15) is 17.3 Å². The second-order valence-electron chi connectivity index (χ2n) is 4.30. The SMILES string of the molecule is CCNC(=O)Nc1cc(Cl)c(-c2cncc(C(=O)O)c2)cn1. The van der Waals surface area contributed by atoms with Gasteiger partial charge in [0.15, 0.2) is 0 Å². The van der Waals surface area contributed by atoms with Gasteiger partial charge in [-0.1, -0.05) is 11.6 Å². The van der Waals surface area contributed by atoms with Crippen LogP contribution in [-0.4, -0.2) is 33.6 Å². The smallest absolute Gasteiger partial charge is 0.337 e. The van der Waals surface area contributed by atoms with Crippen molar-refractivity contribution in [1.29, 1.82) is 0 Å². The largest absolute Gasteiger partial charge is 0.478 e. The molecule has 0 saturated carbocycles. The number of amides is 2. The summed E-state index contributed by atoms with van der Waals surface area (Å²) in [4.78, 5) is 30.3. The Morgan fingerprint density at radius 3 is 2.68 bits per heavy atom. The lowest BCUT2D eigenvalue weighted by atomic mass is 10.1. The van der Waals surface area contributed by atoms with Gasteiger partial charge in [0.2, 0.25) is 0 Å². The van der Waals surface area contributed by atoms with Crippen molar-refractivity contribution in [3.63, 3.8) is 0 Å². The molecule has 2 heterocycles. The highest BCUT2D eigenvalue weighted by Gasteiger charge is 2.11.